The van der Waals surface area contributed by atoms with E-state index in [4.69, 9.17) is 28.3 Å². The highest BCUT2D eigenvalue weighted by Crippen LogP contribution is 2.27. The topological polar surface area (TPSA) is 57.6 Å². The number of hydrogen-bond acceptors (Lipinski definition) is 2. The molecule has 1 aromatic rings. The molecule has 2 rings (SSSR count). The highest BCUT2D eigenvalue weighted by Gasteiger charge is 2.33. The Morgan fingerprint density at radius 3 is 2.60 bits per heavy atom. The molecule has 1 aliphatic heterocycles. The number of likely N-dealkylation sites (tertiary alicyclic amines) is 1. The minimum Gasteiger partial charge on any atom is -0.480 e. The average Bonchev–Trinajstić information content (AvgIpc) is 2.42. The van der Waals surface area contributed by atoms with Gasteiger partial charge in [-0.3, -0.25) is 4.79 Å². The van der Waals surface area contributed by atoms with E-state index >= 15 is 0 Å². The fourth-order valence-corrected chi connectivity index (χ4v) is 2.74. The van der Waals surface area contributed by atoms with Gasteiger partial charge in [-0.25, -0.2) is 9.18 Å². The van der Waals surface area contributed by atoms with Gasteiger partial charge in [-0.2, -0.15) is 0 Å². The number of carbonyl (C=O) groups excluding carboxylic acids is 1. The third kappa shape index (κ3) is 2.88. The van der Waals surface area contributed by atoms with E-state index in [1.54, 1.807) is 0 Å². The lowest BCUT2D eigenvalue weighted by molar-refractivity contribution is -0.143. The molecule has 7 heteroatoms. The first kappa shape index (κ1) is 15.1. The molecule has 1 N–H and O–H groups in total. The molecule has 1 amide bonds. The van der Waals surface area contributed by atoms with E-state index in [1.165, 1.54) is 4.90 Å². The van der Waals surface area contributed by atoms with Gasteiger partial charge in [0.15, 0.2) is 0 Å². The molecular weight excluding hydrogens is 308 g/mol. The second kappa shape index (κ2) is 5.97. The third-order valence-corrected chi connectivity index (χ3v) is 3.89. The van der Waals surface area contributed by atoms with Crippen LogP contribution < -0.4 is 0 Å². The zero-order valence-corrected chi connectivity index (χ0v) is 11.9. The van der Waals surface area contributed by atoms with Gasteiger partial charge in [0.2, 0.25) is 0 Å². The summed E-state index contributed by atoms with van der Waals surface area (Å²) in [6.07, 6.45) is 1.83. The van der Waals surface area contributed by atoms with E-state index in [-0.39, 0.29) is 15.6 Å². The lowest BCUT2D eigenvalue weighted by Gasteiger charge is -2.33. The molecule has 1 fully saturated rings. The second-order valence-corrected chi connectivity index (χ2v) is 5.41. The van der Waals surface area contributed by atoms with Crippen LogP contribution in [0.3, 0.4) is 0 Å². The molecule has 1 heterocycles. The monoisotopic (exact) mass is 319 g/mol. The van der Waals surface area contributed by atoms with Crippen LogP contribution in [-0.4, -0.2) is 34.5 Å². The smallest absolute Gasteiger partial charge is 0.326 e. The van der Waals surface area contributed by atoms with E-state index in [9.17, 15) is 14.0 Å². The molecule has 0 bridgehead atoms. The van der Waals surface area contributed by atoms with E-state index in [0.29, 0.717) is 19.4 Å². The average molecular weight is 320 g/mol. The van der Waals surface area contributed by atoms with Crippen LogP contribution in [0.25, 0.3) is 0 Å². The van der Waals surface area contributed by atoms with Crippen LogP contribution >= 0.6 is 23.2 Å². The number of rotatable bonds is 2. The summed E-state index contributed by atoms with van der Waals surface area (Å²) in [5.74, 6) is -2.41. The largest absolute Gasteiger partial charge is 0.480 e. The molecule has 0 spiro atoms. The standard InChI is InChI=1S/C13H12Cl2FNO3/c14-8-6-9(15)10(16)5-7(8)12(18)17-4-2-1-3-11(17)13(19)20/h5-6,11H,1-4H2,(H,19,20)/t11-/m0/s1. The fraction of sp³-hybridized carbons (Fsp3) is 0.385. The van der Waals surface area contributed by atoms with Crippen molar-refractivity contribution in [1.82, 2.24) is 4.90 Å². The Labute approximate surface area is 125 Å². The first-order valence-electron chi connectivity index (χ1n) is 6.10. The predicted molar refractivity (Wildman–Crippen MR) is 72.7 cm³/mol. The number of halogens is 3. The molecule has 20 heavy (non-hydrogen) atoms. The normalized spacial score (nSPS) is 18.9. The number of piperidine rings is 1. The highest BCUT2D eigenvalue weighted by molar-refractivity contribution is 6.36. The molecule has 1 atom stereocenters. The Bertz CT molecular complexity index is 565. The zero-order valence-electron chi connectivity index (χ0n) is 10.4. The highest BCUT2D eigenvalue weighted by atomic mass is 35.5. The van der Waals surface area contributed by atoms with Crippen molar-refractivity contribution in [3.63, 3.8) is 0 Å². The zero-order chi connectivity index (χ0) is 14.9. The molecule has 1 saturated heterocycles. The number of carbonyl (C=O) groups is 2. The third-order valence-electron chi connectivity index (χ3n) is 3.29. The van der Waals surface area contributed by atoms with Crippen molar-refractivity contribution in [3.05, 3.63) is 33.6 Å². The predicted octanol–water partition coefficient (Wildman–Crippen LogP) is 3.21. The van der Waals surface area contributed by atoms with Crippen LogP contribution in [0.5, 0.6) is 0 Å². The van der Waals surface area contributed by atoms with Crippen molar-refractivity contribution >= 4 is 35.1 Å². The molecule has 0 unspecified atom stereocenters. The SMILES string of the molecule is O=C(O)[C@@H]1CCCCN1C(=O)c1cc(F)c(Cl)cc1Cl. The Morgan fingerprint density at radius 1 is 1.25 bits per heavy atom. The number of carboxylic acid groups (broad SMARTS) is 1. The summed E-state index contributed by atoms with van der Waals surface area (Å²) >= 11 is 11.5. The molecule has 1 aliphatic rings. The first-order chi connectivity index (χ1) is 9.41. The van der Waals surface area contributed by atoms with Crippen LogP contribution in [0.1, 0.15) is 29.6 Å². The minimum atomic E-state index is -1.07. The molecule has 0 aromatic heterocycles. The Morgan fingerprint density at radius 2 is 1.95 bits per heavy atom. The molecule has 0 radical (unpaired) electrons. The quantitative estimate of drug-likeness (QED) is 0.851. The van der Waals surface area contributed by atoms with Crippen molar-refractivity contribution in [3.8, 4) is 0 Å². The summed E-state index contributed by atoms with van der Waals surface area (Å²) in [6.45, 7) is 0.316. The maximum Gasteiger partial charge on any atom is 0.326 e. The van der Waals surface area contributed by atoms with Crippen LogP contribution in [0, 0.1) is 5.82 Å². The van der Waals surface area contributed by atoms with Gasteiger partial charge in [-0.15, -0.1) is 0 Å². The van der Waals surface area contributed by atoms with Crippen LogP contribution in [0.4, 0.5) is 4.39 Å². The van der Waals surface area contributed by atoms with Gasteiger partial charge >= 0.3 is 5.97 Å². The van der Waals surface area contributed by atoms with E-state index in [0.717, 1.165) is 18.6 Å². The summed E-state index contributed by atoms with van der Waals surface area (Å²) in [7, 11) is 0. The number of benzene rings is 1. The Balaban J connectivity index is 2.34. The van der Waals surface area contributed by atoms with Gasteiger partial charge in [0.05, 0.1) is 15.6 Å². The number of aliphatic carboxylic acids is 1. The lowest BCUT2D eigenvalue weighted by Crippen LogP contribution is -2.48. The van der Waals surface area contributed by atoms with Crippen molar-refractivity contribution in [2.24, 2.45) is 0 Å². The van der Waals surface area contributed by atoms with Crippen LogP contribution in [0.2, 0.25) is 10.0 Å². The molecule has 4 nitrogen and oxygen atoms in total. The molecule has 0 saturated carbocycles. The molecule has 0 aliphatic carbocycles. The van der Waals surface area contributed by atoms with Crippen LogP contribution in [-0.2, 0) is 4.79 Å². The van der Waals surface area contributed by atoms with Gasteiger partial charge in [-0.1, -0.05) is 23.2 Å². The summed E-state index contributed by atoms with van der Waals surface area (Å²) in [4.78, 5) is 24.8. The van der Waals surface area contributed by atoms with Gasteiger partial charge in [0.25, 0.3) is 5.91 Å². The Kier molecular flexibility index (Phi) is 4.50. The molecular formula is C13H12Cl2FNO3. The van der Waals surface area contributed by atoms with Crippen molar-refractivity contribution in [2.45, 2.75) is 25.3 Å². The van der Waals surface area contributed by atoms with Gasteiger partial charge in [-0.05, 0) is 31.4 Å². The lowest BCUT2D eigenvalue weighted by atomic mass is 10.0. The summed E-state index contributed by atoms with van der Waals surface area (Å²) < 4.78 is 13.5. The number of carboxylic acids is 1. The molecule has 1 aromatic carbocycles. The van der Waals surface area contributed by atoms with Crippen molar-refractivity contribution < 1.29 is 19.1 Å². The van der Waals surface area contributed by atoms with Gasteiger partial charge in [0, 0.05) is 6.54 Å². The van der Waals surface area contributed by atoms with Gasteiger partial charge in [0.1, 0.15) is 11.9 Å². The first-order valence-corrected chi connectivity index (χ1v) is 6.85. The number of hydrogen-bond donors (Lipinski definition) is 1. The fourth-order valence-electron chi connectivity index (χ4n) is 2.27. The Hall–Kier alpha value is -1.33. The summed E-state index contributed by atoms with van der Waals surface area (Å²) in [5, 5.41) is 8.98. The molecule has 108 valence electrons. The summed E-state index contributed by atoms with van der Waals surface area (Å²) in [6, 6.07) is 1.19. The van der Waals surface area contributed by atoms with Crippen molar-refractivity contribution in [2.75, 3.05) is 6.54 Å². The van der Waals surface area contributed by atoms with E-state index in [1.807, 2.05) is 0 Å². The van der Waals surface area contributed by atoms with Crippen molar-refractivity contribution in [1.29, 1.82) is 0 Å². The maximum absolute atomic E-state index is 13.5. The van der Waals surface area contributed by atoms with E-state index < -0.39 is 23.7 Å². The number of nitrogens with zero attached hydrogens (tertiary/aromatic N) is 1. The minimum absolute atomic E-state index is 0.0103. The van der Waals surface area contributed by atoms with Gasteiger partial charge < -0.3 is 10.0 Å². The van der Waals surface area contributed by atoms with Crippen LogP contribution in [0.15, 0.2) is 12.1 Å². The maximum atomic E-state index is 13.5. The summed E-state index contributed by atoms with van der Waals surface area (Å²) in [5.41, 5.74) is -0.0679. The number of amides is 1. The second-order valence-electron chi connectivity index (χ2n) is 4.59. The van der Waals surface area contributed by atoms with E-state index in [2.05, 4.69) is 0 Å².